The number of fused-ring (bicyclic) bond motifs is 6. The molecule has 12 heterocycles. The summed E-state index contributed by atoms with van der Waals surface area (Å²) in [6.07, 6.45) is 29.4. The van der Waals surface area contributed by atoms with Gasteiger partial charge in [-0.05, 0) is 180 Å². The van der Waals surface area contributed by atoms with Crippen molar-refractivity contribution in [2.24, 2.45) is 5.92 Å². The second-order valence-corrected chi connectivity index (χ2v) is 26.2. The van der Waals surface area contributed by atoms with Gasteiger partial charge in [-0.25, -0.2) is 28.5 Å². The van der Waals surface area contributed by atoms with E-state index >= 15 is 0 Å². The van der Waals surface area contributed by atoms with Crippen LogP contribution in [0.3, 0.4) is 0 Å². The number of hydrogen-bond donors (Lipinski definition) is 3. The van der Waals surface area contributed by atoms with Gasteiger partial charge in [0.2, 0.25) is 0 Å². The third-order valence-electron chi connectivity index (χ3n) is 17.1. The molecule has 0 spiro atoms. The molecule has 456 valence electrons. The van der Waals surface area contributed by atoms with Crippen molar-refractivity contribution in [2.75, 3.05) is 41.3 Å². The van der Waals surface area contributed by atoms with E-state index in [0.29, 0.717) is 18.1 Å². The summed E-state index contributed by atoms with van der Waals surface area (Å²) in [4.78, 5) is 36.6. The first-order valence-corrected chi connectivity index (χ1v) is 34.3. The number of aryl methyl sites for hydroxylation is 3. The Morgan fingerprint density at radius 3 is 1.27 bits per heavy atom. The Balaban J connectivity index is 0.000000153. The SMILES string of the molecule is CI.Cc1cncc2cc(-c3cnc4ccc(N(C)C5CCC(C)CC5)nn34)sc12.Cc1cncc2cc(-c3cnc4ccc(N(C)C5CCC(O)CC5)nn34)sc12.Cc1cncc2cc(-c3cnc4ccc(NC5CCC(O)CC5)nn34)sc12.[2H]CF.[H-].[Na+]. The van der Waals surface area contributed by atoms with Crippen LogP contribution < -0.4 is 44.7 Å². The second-order valence-electron chi connectivity index (χ2n) is 23.0. The molecule has 15 rings (SSSR count). The quantitative estimate of drug-likeness (QED) is 0.0703. The smallest absolute Gasteiger partial charge is 1.00 e. The molecule has 0 aliphatic heterocycles. The molecule has 0 bridgehead atoms. The molecule has 0 radical (unpaired) electrons. The van der Waals surface area contributed by atoms with E-state index in [0.717, 1.165) is 129 Å². The van der Waals surface area contributed by atoms with Crippen LogP contribution in [-0.2, 0) is 0 Å². The fourth-order valence-corrected chi connectivity index (χ4v) is 15.4. The molecule has 0 aromatic carbocycles. The molecule has 0 amide bonds. The molecule has 17 nitrogen and oxygen atoms in total. The van der Waals surface area contributed by atoms with Crippen LogP contribution in [0.15, 0.2) is 110 Å². The molecule has 0 unspecified atom stereocenters. The summed E-state index contributed by atoms with van der Waals surface area (Å²) in [5.41, 5.74) is 9.20. The summed E-state index contributed by atoms with van der Waals surface area (Å²) in [6, 6.07) is 20.1. The Morgan fingerprint density at radius 1 is 0.534 bits per heavy atom. The average Bonchev–Trinajstić information content (AvgIpc) is 1.71. The maximum atomic E-state index is 9.96. The summed E-state index contributed by atoms with van der Waals surface area (Å²) >= 11 is 7.44. The van der Waals surface area contributed by atoms with Crippen molar-refractivity contribution < 1.29 is 47.0 Å². The van der Waals surface area contributed by atoms with E-state index in [-0.39, 0.29) is 43.2 Å². The predicted molar refractivity (Wildman–Crippen MR) is 365 cm³/mol. The van der Waals surface area contributed by atoms with Crippen LogP contribution in [0.2, 0.25) is 0 Å². The first-order valence-electron chi connectivity index (χ1n) is 30.4. The Bertz CT molecular complexity index is 4120. The Kier molecular flexibility index (Phi) is 21.3. The number of alkyl halides is 2. The van der Waals surface area contributed by atoms with Gasteiger partial charge in [-0.1, -0.05) is 29.5 Å². The number of hydrogen-bond acceptors (Lipinski definition) is 17. The zero-order valence-corrected chi connectivity index (χ0v) is 57.8. The number of imidazole rings is 3. The minimum atomic E-state index is -1.00. The molecular weight excluding hydrogens is 1290 g/mol. The summed E-state index contributed by atoms with van der Waals surface area (Å²) in [5.74, 6) is 3.66. The van der Waals surface area contributed by atoms with E-state index in [1.807, 2.05) is 98.5 Å². The number of pyridine rings is 3. The molecule has 0 saturated heterocycles. The van der Waals surface area contributed by atoms with Crippen LogP contribution >= 0.6 is 56.6 Å². The monoisotopic (exact) mass is 1360 g/mol. The third-order valence-corrected chi connectivity index (χ3v) is 21.1. The number of aliphatic hydroxyl groups is 2. The maximum Gasteiger partial charge on any atom is 1.00 e. The number of nitrogens with zero attached hydrogens (tertiary/aromatic N) is 14. The fraction of sp³-hybridized carbons (Fsp3) is 0.400. The van der Waals surface area contributed by atoms with Crippen molar-refractivity contribution in [3.8, 4) is 31.7 Å². The van der Waals surface area contributed by atoms with Crippen LogP contribution in [0, 0.1) is 26.7 Å². The minimum Gasteiger partial charge on any atom is -1.00 e. The molecule has 3 saturated carbocycles. The topological polar surface area (TPSA) is 188 Å². The fourth-order valence-electron chi connectivity index (χ4n) is 12.1. The Labute approximate surface area is 563 Å². The van der Waals surface area contributed by atoms with E-state index in [2.05, 4.69) is 140 Å². The van der Waals surface area contributed by atoms with Crippen molar-refractivity contribution in [1.29, 1.82) is 0 Å². The Morgan fingerprint density at radius 2 is 0.886 bits per heavy atom. The number of anilines is 3. The maximum absolute atomic E-state index is 9.96. The molecule has 12 aromatic heterocycles. The van der Waals surface area contributed by atoms with Gasteiger partial charge in [0, 0.05) is 99.7 Å². The number of thiophene rings is 3. The predicted octanol–water partition coefficient (Wildman–Crippen LogP) is 12.2. The van der Waals surface area contributed by atoms with Gasteiger partial charge in [0.1, 0.15) is 34.5 Å². The molecule has 0 atom stereocenters. The van der Waals surface area contributed by atoms with E-state index in [9.17, 15) is 14.6 Å². The Hall–Kier alpha value is -5.83. The van der Waals surface area contributed by atoms with Crippen LogP contribution in [0.5, 0.6) is 0 Å². The van der Waals surface area contributed by atoms with Crippen LogP contribution in [0.25, 0.3) is 78.9 Å². The van der Waals surface area contributed by atoms with Gasteiger partial charge in [0.15, 0.2) is 16.9 Å². The average molecular weight is 1370 g/mol. The van der Waals surface area contributed by atoms with E-state index in [1.165, 1.54) is 66.7 Å². The van der Waals surface area contributed by atoms with Crippen LogP contribution in [0.1, 0.15) is 103 Å². The molecular formula is C65H76FIN15NaO2S3. The summed E-state index contributed by atoms with van der Waals surface area (Å²) in [7, 11) is 3.28. The molecule has 3 fully saturated rings. The molecule has 3 N–H and O–H groups in total. The third kappa shape index (κ3) is 14.2. The van der Waals surface area contributed by atoms with Crippen molar-refractivity contribution in [3.63, 3.8) is 0 Å². The van der Waals surface area contributed by atoms with Gasteiger partial charge in [0.25, 0.3) is 0 Å². The second kappa shape index (κ2) is 29.4. The number of rotatable bonds is 9. The van der Waals surface area contributed by atoms with Crippen molar-refractivity contribution >= 4 is 121 Å². The van der Waals surface area contributed by atoms with Crippen molar-refractivity contribution in [3.05, 3.63) is 127 Å². The zero-order chi connectivity index (χ0) is 61.6. The molecule has 3 aliphatic carbocycles. The van der Waals surface area contributed by atoms with Gasteiger partial charge in [-0.3, -0.25) is 19.3 Å². The minimum absolute atomic E-state index is 0. The molecule has 12 aromatic rings. The van der Waals surface area contributed by atoms with Gasteiger partial charge < -0.3 is 26.8 Å². The van der Waals surface area contributed by atoms with Crippen molar-refractivity contribution in [1.82, 2.24) is 58.7 Å². The molecule has 3 aliphatic rings. The summed E-state index contributed by atoms with van der Waals surface area (Å²) in [5, 5.41) is 41.1. The largest absolute Gasteiger partial charge is 1.00 e. The van der Waals surface area contributed by atoms with E-state index in [1.54, 1.807) is 34.0 Å². The molecule has 88 heavy (non-hydrogen) atoms. The van der Waals surface area contributed by atoms with E-state index < -0.39 is 7.15 Å². The van der Waals surface area contributed by atoms with Gasteiger partial charge in [-0.15, -0.1) is 49.3 Å². The standard InChI is InChI=1S/C22H25N5S.C21H23N5OS.C20H21N5OS.CH3F.CH3I.Na.H/c1-14-4-6-17(7-5-14)26(3)21-9-8-20-24-13-18(27(20)25-21)19-10-16-12-23-11-15(2)22(16)28-19;1-13-10-22-11-14-9-18(28-21(13)14)17-12-23-19-7-8-20(24-26(17)19)25(2)15-3-5-16(27)6-4-15;1-12-9-21-10-13-8-17(27-20(12)13)16-11-22-19-7-6-18(24-25(16)19)23-14-2-4-15(26)5-3-14;2*1-2;;/h8-14,17H,4-7H2,1-3H3;7-12,15-16,27H,3-6H2,1-2H3;6-11,14-15,26H,2-5H2,1H3,(H,23,24);2*1H3;;/q;;;;;+1;-1/i;;;1D;;;. The van der Waals surface area contributed by atoms with Gasteiger partial charge in [-0.2, -0.15) is 0 Å². The molecule has 23 heteroatoms. The van der Waals surface area contributed by atoms with Gasteiger partial charge in [0.05, 0.1) is 54.0 Å². The number of aromatic nitrogens is 12. The van der Waals surface area contributed by atoms with Gasteiger partial charge >= 0.3 is 29.6 Å². The number of halogens is 2. The van der Waals surface area contributed by atoms with Crippen LogP contribution in [-0.4, -0.2) is 125 Å². The van der Waals surface area contributed by atoms with E-state index in [4.69, 9.17) is 16.7 Å². The summed E-state index contributed by atoms with van der Waals surface area (Å²) in [6.45, 7) is 8.66. The van der Waals surface area contributed by atoms with Crippen molar-refractivity contribution in [2.45, 2.75) is 135 Å². The first-order chi connectivity index (χ1) is 42.8. The zero-order valence-electron chi connectivity index (χ0n) is 53.2. The normalized spacial score (nSPS) is 19.3. The van der Waals surface area contributed by atoms with Crippen LogP contribution in [0.4, 0.5) is 21.8 Å². The summed E-state index contributed by atoms with van der Waals surface area (Å²) < 4.78 is 25.1. The number of nitrogens with one attached hydrogen (secondary N) is 1. The number of aliphatic hydroxyl groups excluding tert-OH is 2. The first kappa shape index (κ1) is 63.7.